The zero-order chi connectivity index (χ0) is 17.5. The van der Waals surface area contributed by atoms with Crippen molar-refractivity contribution in [2.75, 3.05) is 6.54 Å². The first-order valence-corrected chi connectivity index (χ1v) is 10.1. The van der Waals surface area contributed by atoms with Crippen LogP contribution in [0.3, 0.4) is 0 Å². The fraction of sp³-hybridized carbons (Fsp3) is 0.421. The van der Waals surface area contributed by atoms with Gasteiger partial charge in [0.25, 0.3) is 0 Å². The highest BCUT2D eigenvalue weighted by molar-refractivity contribution is 8.00. The number of hydrogen-bond donors (Lipinski definition) is 2. The third-order valence-electron chi connectivity index (χ3n) is 5.14. The summed E-state index contributed by atoms with van der Waals surface area (Å²) in [6.07, 6.45) is 7.34. The van der Waals surface area contributed by atoms with Gasteiger partial charge >= 0.3 is 0 Å². The minimum Gasteiger partial charge on any atom is -0.360 e. The van der Waals surface area contributed by atoms with E-state index in [1.165, 1.54) is 0 Å². The van der Waals surface area contributed by atoms with Crippen molar-refractivity contribution in [1.29, 1.82) is 0 Å². The van der Waals surface area contributed by atoms with Gasteiger partial charge in [-0.15, -0.1) is 10.2 Å². The molecule has 134 valence electrons. The number of fused-ring (bicyclic) bond motifs is 1. The van der Waals surface area contributed by atoms with Crippen molar-refractivity contribution >= 4 is 28.6 Å². The van der Waals surface area contributed by atoms with Crippen LogP contribution in [0, 0.1) is 0 Å². The first-order valence-electron chi connectivity index (χ1n) is 9.27. The van der Waals surface area contributed by atoms with Crippen molar-refractivity contribution < 1.29 is 4.79 Å². The van der Waals surface area contributed by atoms with Crippen molar-refractivity contribution in [3.8, 4) is 11.4 Å². The molecule has 2 N–H and O–H groups in total. The van der Waals surface area contributed by atoms with Gasteiger partial charge in [0.05, 0.1) is 5.25 Å². The minimum absolute atomic E-state index is 0.0741. The van der Waals surface area contributed by atoms with E-state index in [2.05, 4.69) is 37.2 Å². The molecule has 2 fully saturated rings. The van der Waals surface area contributed by atoms with Gasteiger partial charge in [0.1, 0.15) is 0 Å². The van der Waals surface area contributed by atoms with Crippen LogP contribution >= 0.6 is 11.8 Å². The van der Waals surface area contributed by atoms with Crippen molar-refractivity contribution in [3.05, 3.63) is 30.5 Å². The number of benzene rings is 1. The van der Waals surface area contributed by atoms with E-state index in [1.54, 1.807) is 11.8 Å². The number of carbonyl (C=O) groups is 1. The second kappa shape index (κ2) is 6.46. The van der Waals surface area contributed by atoms with Crippen LogP contribution in [0.15, 0.2) is 35.6 Å². The molecule has 5 rings (SSSR count). The number of nitrogens with one attached hydrogen (secondary N) is 2. The first-order chi connectivity index (χ1) is 12.8. The summed E-state index contributed by atoms with van der Waals surface area (Å²) in [7, 11) is 0. The molecule has 1 aliphatic carbocycles. The molecule has 1 amide bonds. The lowest BCUT2D eigenvalue weighted by Crippen LogP contribution is -2.30. The van der Waals surface area contributed by atoms with Crippen LogP contribution in [-0.2, 0) is 4.79 Å². The second-order valence-corrected chi connectivity index (χ2v) is 8.22. The second-order valence-electron chi connectivity index (χ2n) is 7.05. The van der Waals surface area contributed by atoms with Gasteiger partial charge in [0, 0.05) is 35.2 Å². The normalized spacial score (nSPS) is 20.9. The number of aromatic amines is 1. The molecular formula is C19H21N5OS. The molecule has 1 atom stereocenters. The van der Waals surface area contributed by atoms with Crippen LogP contribution in [0.2, 0.25) is 0 Å². The Hall–Kier alpha value is -2.28. The van der Waals surface area contributed by atoms with Crippen LogP contribution in [-0.4, -0.2) is 37.5 Å². The molecule has 7 heteroatoms. The SMILES string of the molecule is O=C1NCCCC[C@H]1Sc1nnc(-c2c[nH]c3ccccc23)n1C1CC1. The van der Waals surface area contributed by atoms with Gasteiger partial charge in [-0.2, -0.15) is 0 Å². The number of thioether (sulfide) groups is 1. The lowest BCUT2D eigenvalue weighted by atomic mass is 10.1. The smallest absolute Gasteiger partial charge is 0.233 e. The zero-order valence-electron chi connectivity index (χ0n) is 14.4. The Kier molecular flexibility index (Phi) is 3.96. The van der Waals surface area contributed by atoms with E-state index in [4.69, 9.17) is 0 Å². The Morgan fingerprint density at radius 1 is 1.12 bits per heavy atom. The predicted molar refractivity (Wildman–Crippen MR) is 102 cm³/mol. The number of H-pyrrole nitrogens is 1. The largest absolute Gasteiger partial charge is 0.360 e. The third-order valence-corrected chi connectivity index (χ3v) is 6.36. The number of carbonyl (C=O) groups excluding carboxylic acids is 1. The molecule has 1 saturated heterocycles. The predicted octanol–water partition coefficient (Wildman–Crippen LogP) is 3.52. The van der Waals surface area contributed by atoms with Crippen molar-refractivity contribution in [2.45, 2.75) is 48.6 Å². The van der Waals surface area contributed by atoms with E-state index in [9.17, 15) is 4.79 Å². The van der Waals surface area contributed by atoms with Gasteiger partial charge < -0.3 is 10.3 Å². The molecule has 3 heterocycles. The maximum atomic E-state index is 12.3. The van der Waals surface area contributed by atoms with E-state index < -0.39 is 0 Å². The molecule has 1 aliphatic heterocycles. The zero-order valence-corrected chi connectivity index (χ0v) is 15.3. The van der Waals surface area contributed by atoms with Crippen LogP contribution in [0.4, 0.5) is 0 Å². The maximum absolute atomic E-state index is 12.3. The van der Waals surface area contributed by atoms with E-state index in [0.29, 0.717) is 6.04 Å². The Labute approximate surface area is 155 Å². The summed E-state index contributed by atoms with van der Waals surface area (Å²) in [6, 6.07) is 8.70. The Balaban J connectivity index is 1.53. The number of rotatable bonds is 4. The highest BCUT2D eigenvalue weighted by Crippen LogP contribution is 2.43. The molecule has 0 unspecified atom stereocenters. The summed E-state index contributed by atoms with van der Waals surface area (Å²) in [4.78, 5) is 15.7. The summed E-state index contributed by atoms with van der Waals surface area (Å²) in [6.45, 7) is 0.784. The fourth-order valence-electron chi connectivity index (χ4n) is 3.61. The van der Waals surface area contributed by atoms with E-state index in [0.717, 1.165) is 66.1 Å². The number of amides is 1. The highest BCUT2D eigenvalue weighted by atomic mass is 32.2. The van der Waals surface area contributed by atoms with Crippen LogP contribution in [0.25, 0.3) is 22.3 Å². The molecule has 2 aromatic heterocycles. The minimum atomic E-state index is -0.0741. The van der Waals surface area contributed by atoms with Crippen molar-refractivity contribution in [1.82, 2.24) is 25.1 Å². The Morgan fingerprint density at radius 3 is 2.88 bits per heavy atom. The van der Waals surface area contributed by atoms with Gasteiger partial charge in [-0.1, -0.05) is 36.4 Å². The topological polar surface area (TPSA) is 75.6 Å². The summed E-state index contributed by atoms with van der Waals surface area (Å²) < 4.78 is 2.25. The molecule has 0 bridgehead atoms. The van der Waals surface area contributed by atoms with E-state index >= 15 is 0 Å². The molecule has 0 radical (unpaired) electrons. The molecule has 1 aromatic carbocycles. The molecule has 3 aromatic rings. The van der Waals surface area contributed by atoms with E-state index in [1.807, 2.05) is 18.3 Å². The molecule has 6 nitrogen and oxygen atoms in total. The summed E-state index contributed by atoms with van der Waals surface area (Å²) in [5, 5.41) is 14.0. The average molecular weight is 367 g/mol. The Bertz CT molecular complexity index is 958. The first kappa shape index (κ1) is 15.9. The fourth-order valence-corrected chi connectivity index (χ4v) is 4.78. The van der Waals surface area contributed by atoms with Crippen molar-refractivity contribution in [3.63, 3.8) is 0 Å². The quantitative estimate of drug-likeness (QED) is 0.740. The molecule has 2 aliphatic rings. The third kappa shape index (κ3) is 2.80. The number of hydrogen-bond acceptors (Lipinski definition) is 4. The monoisotopic (exact) mass is 367 g/mol. The molecular weight excluding hydrogens is 346 g/mol. The number of aromatic nitrogens is 4. The maximum Gasteiger partial charge on any atom is 0.233 e. The summed E-state index contributed by atoms with van der Waals surface area (Å²) in [5.74, 6) is 1.04. The van der Waals surface area contributed by atoms with Crippen molar-refractivity contribution in [2.24, 2.45) is 0 Å². The van der Waals surface area contributed by atoms with Crippen LogP contribution < -0.4 is 5.32 Å². The van der Waals surface area contributed by atoms with Gasteiger partial charge in [-0.05, 0) is 31.7 Å². The number of nitrogens with zero attached hydrogens (tertiary/aromatic N) is 3. The summed E-state index contributed by atoms with van der Waals surface area (Å²) >= 11 is 1.57. The summed E-state index contributed by atoms with van der Waals surface area (Å²) in [5.41, 5.74) is 2.18. The van der Waals surface area contributed by atoms with E-state index in [-0.39, 0.29) is 11.2 Å². The lowest BCUT2D eigenvalue weighted by molar-refractivity contribution is -0.120. The van der Waals surface area contributed by atoms with Gasteiger partial charge in [-0.3, -0.25) is 9.36 Å². The molecule has 0 spiro atoms. The molecule has 1 saturated carbocycles. The van der Waals surface area contributed by atoms with Crippen LogP contribution in [0.1, 0.15) is 38.1 Å². The highest BCUT2D eigenvalue weighted by Gasteiger charge is 2.33. The lowest BCUT2D eigenvalue weighted by Gasteiger charge is -2.13. The standard InChI is InChI=1S/C19H21N5OS/c25-18-16(7-3-4-10-20-18)26-19-23-22-17(24(19)12-8-9-12)14-11-21-15-6-2-1-5-13(14)15/h1-2,5-6,11-12,16,21H,3-4,7-10H2,(H,20,25)/t16-/m1/s1. The van der Waals surface area contributed by atoms with Gasteiger partial charge in [0.15, 0.2) is 11.0 Å². The van der Waals surface area contributed by atoms with Gasteiger partial charge in [-0.25, -0.2) is 0 Å². The molecule has 26 heavy (non-hydrogen) atoms. The van der Waals surface area contributed by atoms with Crippen LogP contribution in [0.5, 0.6) is 0 Å². The number of para-hydroxylation sites is 1. The average Bonchev–Trinajstić information content (AvgIpc) is 3.33. The van der Waals surface area contributed by atoms with Gasteiger partial charge in [0.2, 0.25) is 5.91 Å². The Morgan fingerprint density at radius 2 is 2.00 bits per heavy atom.